The Morgan fingerprint density at radius 2 is 2.38 bits per heavy atom. The van der Waals surface area contributed by atoms with Crippen molar-refractivity contribution < 1.29 is 4.79 Å². The minimum Gasteiger partial charge on any atom is -0.398 e. The van der Waals surface area contributed by atoms with Gasteiger partial charge in [-0.05, 0) is 13.0 Å². The fourth-order valence-electron chi connectivity index (χ4n) is 1.28. The number of nitrogens with zero attached hydrogens (tertiary/aromatic N) is 2. The molecule has 2 heterocycles. The molecule has 0 spiro atoms. The lowest BCUT2D eigenvalue weighted by Gasteiger charge is -2.02. The van der Waals surface area contributed by atoms with Gasteiger partial charge in [-0.2, -0.15) is 5.10 Å². The molecule has 0 saturated heterocycles. The number of nitrogen functional groups attached to an aromatic ring is 1. The lowest BCUT2D eigenvalue weighted by Crippen LogP contribution is -2.13. The number of hydrogen-bond acceptors (Lipinski definition) is 4. The molecule has 84 valence electrons. The van der Waals surface area contributed by atoms with Crippen LogP contribution in [0.25, 0.3) is 0 Å². The van der Waals surface area contributed by atoms with Crippen LogP contribution in [0.2, 0.25) is 0 Å². The zero-order valence-electron chi connectivity index (χ0n) is 9.02. The average Bonchev–Trinajstić information content (AvgIpc) is 2.76. The number of carbonyl (C=O) groups is 1. The van der Waals surface area contributed by atoms with E-state index >= 15 is 0 Å². The summed E-state index contributed by atoms with van der Waals surface area (Å²) < 4.78 is 1.60. The van der Waals surface area contributed by atoms with Gasteiger partial charge in [0.15, 0.2) is 0 Å². The molecule has 0 fully saturated rings. The van der Waals surface area contributed by atoms with Crippen molar-refractivity contribution in [2.75, 3.05) is 11.1 Å². The van der Waals surface area contributed by atoms with Gasteiger partial charge in [0.2, 0.25) is 0 Å². The molecule has 0 aromatic carbocycles. The van der Waals surface area contributed by atoms with E-state index in [4.69, 9.17) is 5.73 Å². The van der Waals surface area contributed by atoms with Crippen LogP contribution >= 0.6 is 11.3 Å². The topological polar surface area (TPSA) is 72.9 Å². The number of anilines is 2. The summed E-state index contributed by atoms with van der Waals surface area (Å²) in [7, 11) is 1.77. The van der Waals surface area contributed by atoms with E-state index < -0.39 is 0 Å². The molecule has 1 amide bonds. The first-order valence-electron chi connectivity index (χ1n) is 4.73. The lowest BCUT2D eigenvalue weighted by molar-refractivity contribution is 0.102. The van der Waals surface area contributed by atoms with Gasteiger partial charge in [-0.1, -0.05) is 0 Å². The second-order valence-corrected chi connectivity index (χ2v) is 4.67. The summed E-state index contributed by atoms with van der Waals surface area (Å²) in [5.41, 5.74) is 6.35. The van der Waals surface area contributed by atoms with Crippen LogP contribution in [0.4, 0.5) is 11.5 Å². The van der Waals surface area contributed by atoms with Gasteiger partial charge in [-0.15, -0.1) is 11.3 Å². The highest BCUT2D eigenvalue weighted by Gasteiger charge is 2.12. The van der Waals surface area contributed by atoms with Crippen molar-refractivity contribution in [3.05, 3.63) is 28.1 Å². The van der Waals surface area contributed by atoms with Gasteiger partial charge in [-0.25, -0.2) is 0 Å². The number of rotatable bonds is 2. The number of nitrogens with two attached hydrogens (primary N) is 1. The number of aromatic nitrogens is 2. The van der Waals surface area contributed by atoms with Crippen LogP contribution in [0, 0.1) is 6.92 Å². The summed E-state index contributed by atoms with van der Waals surface area (Å²) in [4.78, 5) is 13.4. The maximum Gasteiger partial charge on any atom is 0.266 e. The van der Waals surface area contributed by atoms with Crippen molar-refractivity contribution in [1.29, 1.82) is 0 Å². The Balaban J connectivity index is 2.18. The van der Waals surface area contributed by atoms with Crippen LogP contribution in [0.5, 0.6) is 0 Å². The third kappa shape index (κ3) is 1.92. The van der Waals surface area contributed by atoms with E-state index in [0.29, 0.717) is 16.4 Å². The largest absolute Gasteiger partial charge is 0.398 e. The summed E-state index contributed by atoms with van der Waals surface area (Å²) in [5, 5.41) is 6.73. The Bertz CT molecular complexity index is 509. The summed E-state index contributed by atoms with van der Waals surface area (Å²) in [6.07, 6.45) is 1.63. The molecule has 2 aromatic heterocycles. The molecule has 0 atom stereocenters. The van der Waals surface area contributed by atoms with Crippen LogP contribution in [0.1, 0.15) is 14.5 Å². The first kappa shape index (κ1) is 10.7. The Hall–Kier alpha value is -1.82. The Morgan fingerprint density at radius 3 is 2.88 bits per heavy atom. The van der Waals surface area contributed by atoms with E-state index in [1.165, 1.54) is 11.3 Å². The van der Waals surface area contributed by atoms with E-state index in [2.05, 4.69) is 10.4 Å². The van der Waals surface area contributed by atoms with E-state index in [1.807, 2.05) is 6.92 Å². The molecule has 0 aliphatic rings. The van der Waals surface area contributed by atoms with Crippen molar-refractivity contribution in [3.63, 3.8) is 0 Å². The highest BCUT2D eigenvalue weighted by Crippen LogP contribution is 2.24. The highest BCUT2D eigenvalue weighted by molar-refractivity contribution is 7.14. The van der Waals surface area contributed by atoms with Crippen LogP contribution in [0.3, 0.4) is 0 Å². The van der Waals surface area contributed by atoms with Crippen molar-refractivity contribution in [1.82, 2.24) is 9.78 Å². The molecule has 5 nitrogen and oxygen atoms in total. The number of nitrogens with one attached hydrogen (secondary N) is 1. The summed E-state index contributed by atoms with van der Waals surface area (Å²) in [5.74, 6) is 0.503. The average molecular weight is 236 g/mol. The van der Waals surface area contributed by atoms with E-state index in [-0.39, 0.29) is 5.91 Å². The number of hydrogen-bond donors (Lipinski definition) is 2. The van der Waals surface area contributed by atoms with Crippen LogP contribution in [0.15, 0.2) is 18.3 Å². The molecule has 3 N–H and O–H groups in total. The van der Waals surface area contributed by atoms with E-state index in [0.717, 1.165) is 4.88 Å². The second kappa shape index (κ2) is 3.97. The van der Waals surface area contributed by atoms with Crippen molar-refractivity contribution in [3.8, 4) is 0 Å². The van der Waals surface area contributed by atoms with Gasteiger partial charge >= 0.3 is 0 Å². The maximum absolute atomic E-state index is 11.8. The SMILES string of the molecule is Cc1sc(C(=O)Nc2ccnn2C)cc1N. The van der Waals surface area contributed by atoms with Crippen LogP contribution < -0.4 is 11.1 Å². The summed E-state index contributed by atoms with van der Waals surface area (Å²) in [6, 6.07) is 3.42. The molecule has 16 heavy (non-hydrogen) atoms. The highest BCUT2D eigenvalue weighted by atomic mass is 32.1. The van der Waals surface area contributed by atoms with Crippen LogP contribution in [-0.4, -0.2) is 15.7 Å². The monoisotopic (exact) mass is 236 g/mol. The molecule has 0 saturated carbocycles. The molecule has 0 unspecified atom stereocenters. The molecule has 2 aromatic rings. The zero-order chi connectivity index (χ0) is 11.7. The van der Waals surface area contributed by atoms with Gasteiger partial charge in [0, 0.05) is 23.7 Å². The number of aryl methyl sites for hydroxylation is 2. The third-order valence-electron chi connectivity index (χ3n) is 2.24. The molecule has 0 aliphatic carbocycles. The Kier molecular flexibility index (Phi) is 2.66. The normalized spacial score (nSPS) is 10.4. The van der Waals surface area contributed by atoms with E-state index in [9.17, 15) is 4.79 Å². The molecule has 0 aliphatic heterocycles. The predicted octanol–water partition coefficient (Wildman–Crippen LogP) is 1.62. The third-order valence-corrected chi connectivity index (χ3v) is 3.31. The fraction of sp³-hybridized carbons (Fsp3) is 0.200. The van der Waals surface area contributed by atoms with Crippen molar-refractivity contribution in [2.45, 2.75) is 6.92 Å². The van der Waals surface area contributed by atoms with Gasteiger partial charge in [-0.3, -0.25) is 9.48 Å². The minimum atomic E-state index is -0.159. The predicted molar refractivity (Wildman–Crippen MR) is 64.6 cm³/mol. The Labute approximate surface area is 96.9 Å². The molecule has 0 radical (unpaired) electrons. The standard InChI is InChI=1S/C10H12N4OS/c1-6-7(11)5-8(16-6)10(15)13-9-3-4-12-14(9)2/h3-5H,11H2,1-2H3,(H,13,15). The smallest absolute Gasteiger partial charge is 0.266 e. The Morgan fingerprint density at radius 1 is 1.62 bits per heavy atom. The lowest BCUT2D eigenvalue weighted by atomic mass is 10.3. The maximum atomic E-state index is 11.8. The molecule has 0 bridgehead atoms. The molecule has 6 heteroatoms. The molecular weight excluding hydrogens is 224 g/mol. The summed E-state index contributed by atoms with van der Waals surface area (Å²) in [6.45, 7) is 1.89. The second-order valence-electron chi connectivity index (χ2n) is 3.42. The number of carbonyl (C=O) groups excluding carboxylic acids is 1. The van der Waals surface area contributed by atoms with Crippen molar-refractivity contribution in [2.24, 2.45) is 7.05 Å². The fourth-order valence-corrected chi connectivity index (χ4v) is 2.12. The van der Waals surface area contributed by atoms with Gasteiger partial charge < -0.3 is 11.1 Å². The summed E-state index contributed by atoms with van der Waals surface area (Å²) >= 11 is 1.38. The first-order valence-corrected chi connectivity index (χ1v) is 5.55. The van der Waals surface area contributed by atoms with Gasteiger partial charge in [0.25, 0.3) is 5.91 Å². The van der Waals surface area contributed by atoms with Crippen LogP contribution in [-0.2, 0) is 7.05 Å². The molecule has 2 rings (SSSR count). The van der Waals surface area contributed by atoms with Gasteiger partial charge in [0.05, 0.1) is 11.1 Å². The number of amides is 1. The number of thiophene rings is 1. The zero-order valence-corrected chi connectivity index (χ0v) is 9.84. The van der Waals surface area contributed by atoms with Gasteiger partial charge in [0.1, 0.15) is 5.82 Å². The van der Waals surface area contributed by atoms with E-state index in [1.54, 1.807) is 30.1 Å². The minimum absolute atomic E-state index is 0.159. The van der Waals surface area contributed by atoms with Crippen molar-refractivity contribution >= 4 is 28.7 Å². The molecular formula is C10H12N4OS. The quantitative estimate of drug-likeness (QED) is 0.832. The first-order chi connectivity index (χ1) is 7.58.